The van der Waals surface area contributed by atoms with Gasteiger partial charge < -0.3 is 34.3 Å². The Morgan fingerprint density at radius 2 is 1.77 bits per heavy atom. The van der Waals surface area contributed by atoms with Crippen LogP contribution in [0.4, 0.5) is 4.79 Å². The molecule has 1 aliphatic rings. The molecule has 40 heavy (non-hydrogen) atoms. The van der Waals surface area contributed by atoms with Crippen molar-refractivity contribution >= 4 is 24.1 Å². The Bertz CT molecular complexity index is 1360. The van der Waals surface area contributed by atoms with Gasteiger partial charge in [-0.25, -0.2) is 15.0 Å². The number of amides is 3. The minimum atomic E-state index is -0.773. The van der Waals surface area contributed by atoms with Crippen LogP contribution in [0.15, 0.2) is 52.8 Å². The summed E-state index contributed by atoms with van der Waals surface area (Å²) in [6, 6.07) is 8.69. The lowest BCUT2D eigenvalue weighted by molar-refractivity contribution is -0.139. The van der Waals surface area contributed by atoms with Gasteiger partial charge in [0.2, 0.25) is 0 Å². The van der Waals surface area contributed by atoms with E-state index in [1.165, 1.54) is 20.4 Å². The average molecular weight is 551 g/mol. The van der Waals surface area contributed by atoms with Crippen molar-refractivity contribution in [2.45, 2.75) is 19.9 Å². The highest BCUT2D eigenvalue weighted by molar-refractivity contribution is 5.95. The summed E-state index contributed by atoms with van der Waals surface area (Å²) in [6.07, 6.45) is 6.65. The van der Waals surface area contributed by atoms with E-state index in [2.05, 4.69) is 27.1 Å². The average Bonchev–Trinajstić information content (AvgIpc) is 2.94. The Morgan fingerprint density at radius 1 is 1.07 bits per heavy atom. The van der Waals surface area contributed by atoms with Crippen LogP contribution in [0.1, 0.15) is 31.0 Å². The molecule has 0 saturated carbocycles. The molecule has 0 aromatic heterocycles. The third-order valence-corrected chi connectivity index (χ3v) is 5.55. The molecule has 0 radical (unpaired) electrons. The third kappa shape index (κ3) is 7.44. The number of carbonyl (C=O) groups is 3. The maximum atomic E-state index is 12.6. The second-order valence-corrected chi connectivity index (χ2v) is 8.19. The number of terminal acetylenes is 1. The zero-order valence-electron chi connectivity index (χ0n) is 22.5. The number of nitrogens with one attached hydrogen (secondary N) is 3. The molecule has 0 saturated heterocycles. The number of carbonyl (C=O) groups excluding carboxylic acids is 3. The van der Waals surface area contributed by atoms with Gasteiger partial charge in [-0.3, -0.25) is 4.79 Å². The summed E-state index contributed by atoms with van der Waals surface area (Å²) in [4.78, 5) is 37.0. The summed E-state index contributed by atoms with van der Waals surface area (Å²) in [5.74, 6) is 2.83. The first-order chi connectivity index (χ1) is 19.3. The molecule has 2 aromatic carbocycles. The molecule has 1 aliphatic heterocycles. The molecule has 0 bridgehead atoms. The van der Waals surface area contributed by atoms with Crippen LogP contribution >= 0.6 is 0 Å². The fourth-order valence-corrected chi connectivity index (χ4v) is 3.76. The molecule has 3 N–H and O–H groups in total. The van der Waals surface area contributed by atoms with Crippen LogP contribution in [0.3, 0.4) is 0 Å². The van der Waals surface area contributed by atoms with E-state index in [0.717, 1.165) is 0 Å². The number of hydrazone groups is 1. The largest absolute Gasteiger partial charge is 0.493 e. The first kappa shape index (κ1) is 29.4. The van der Waals surface area contributed by atoms with E-state index in [4.69, 9.17) is 30.1 Å². The van der Waals surface area contributed by atoms with E-state index in [1.807, 2.05) is 0 Å². The molecule has 0 unspecified atom stereocenters. The van der Waals surface area contributed by atoms with E-state index in [0.29, 0.717) is 34.1 Å². The first-order valence-electron chi connectivity index (χ1n) is 12.1. The number of rotatable bonds is 12. The van der Waals surface area contributed by atoms with Crippen LogP contribution < -0.4 is 35.0 Å². The van der Waals surface area contributed by atoms with Gasteiger partial charge in [-0.1, -0.05) is 12.0 Å². The summed E-state index contributed by atoms with van der Waals surface area (Å²) >= 11 is 0. The summed E-state index contributed by atoms with van der Waals surface area (Å²) in [5.41, 5.74) is 4.24. The van der Waals surface area contributed by atoms with Crippen LogP contribution in [0.5, 0.6) is 23.0 Å². The van der Waals surface area contributed by atoms with Gasteiger partial charge in [0.1, 0.15) is 6.61 Å². The summed E-state index contributed by atoms with van der Waals surface area (Å²) in [7, 11) is 2.93. The number of nitrogens with zero attached hydrogens (tertiary/aromatic N) is 1. The second-order valence-electron chi connectivity index (χ2n) is 8.19. The molecule has 12 nitrogen and oxygen atoms in total. The Labute approximate surface area is 231 Å². The molecule has 3 amide bonds. The van der Waals surface area contributed by atoms with Gasteiger partial charge in [-0.05, 0) is 55.3 Å². The van der Waals surface area contributed by atoms with Crippen LogP contribution in [0.25, 0.3) is 0 Å². The molecule has 12 heteroatoms. The van der Waals surface area contributed by atoms with Crippen LogP contribution in [0.2, 0.25) is 0 Å². The lowest BCUT2D eigenvalue weighted by atomic mass is 9.95. The van der Waals surface area contributed by atoms with Crippen molar-refractivity contribution in [3.05, 3.63) is 58.8 Å². The van der Waals surface area contributed by atoms with Crippen LogP contribution in [-0.2, 0) is 14.3 Å². The number of hydrogen-bond donors (Lipinski definition) is 3. The third-order valence-electron chi connectivity index (χ3n) is 5.55. The van der Waals surface area contributed by atoms with Crippen molar-refractivity contribution in [1.29, 1.82) is 0 Å². The highest BCUT2D eigenvalue weighted by atomic mass is 16.5. The van der Waals surface area contributed by atoms with Crippen LogP contribution in [-0.4, -0.2) is 58.2 Å². The fraction of sp³-hybridized carbons (Fsp3) is 0.286. The number of ether oxygens (including phenoxy) is 5. The zero-order valence-corrected chi connectivity index (χ0v) is 22.5. The van der Waals surface area contributed by atoms with Gasteiger partial charge in [0, 0.05) is 5.70 Å². The number of hydrogen-bond acceptors (Lipinski definition) is 9. The number of esters is 1. The number of methoxy groups -OCH3 is 2. The molecule has 0 fully saturated rings. The Morgan fingerprint density at radius 3 is 2.48 bits per heavy atom. The molecule has 1 atom stereocenters. The van der Waals surface area contributed by atoms with Crippen molar-refractivity contribution in [3.8, 4) is 35.3 Å². The van der Waals surface area contributed by atoms with Crippen molar-refractivity contribution in [2.75, 3.05) is 34.0 Å². The topological polar surface area (TPSA) is 146 Å². The van der Waals surface area contributed by atoms with Crippen molar-refractivity contribution in [2.24, 2.45) is 5.10 Å². The number of benzene rings is 2. The lowest BCUT2D eigenvalue weighted by Crippen LogP contribution is -2.45. The normalized spacial score (nSPS) is 14.5. The van der Waals surface area contributed by atoms with Gasteiger partial charge in [-0.2, -0.15) is 5.10 Å². The fourth-order valence-electron chi connectivity index (χ4n) is 3.76. The minimum Gasteiger partial charge on any atom is -0.493 e. The molecule has 0 aliphatic carbocycles. The number of allylic oxidation sites excluding steroid dienone is 1. The van der Waals surface area contributed by atoms with Gasteiger partial charge in [0.15, 0.2) is 29.6 Å². The highest BCUT2D eigenvalue weighted by Gasteiger charge is 2.32. The smallest absolute Gasteiger partial charge is 0.338 e. The van der Waals surface area contributed by atoms with Crippen molar-refractivity contribution in [3.63, 3.8) is 0 Å². The predicted molar refractivity (Wildman–Crippen MR) is 145 cm³/mol. The number of urea groups is 1. The Balaban J connectivity index is 1.65. The molecule has 2 aromatic rings. The van der Waals surface area contributed by atoms with E-state index in [1.54, 1.807) is 50.2 Å². The molecular weight excluding hydrogens is 520 g/mol. The summed E-state index contributed by atoms with van der Waals surface area (Å²) in [5, 5.41) is 9.24. The first-order valence-corrected chi connectivity index (χ1v) is 12.1. The van der Waals surface area contributed by atoms with Crippen molar-refractivity contribution < 1.29 is 38.1 Å². The maximum absolute atomic E-state index is 12.6. The quantitative estimate of drug-likeness (QED) is 0.158. The van der Waals surface area contributed by atoms with Crippen molar-refractivity contribution in [1.82, 2.24) is 16.1 Å². The van der Waals surface area contributed by atoms with Crippen LogP contribution in [0, 0.1) is 12.3 Å². The SMILES string of the molecule is C#CCOc1ccc(/C=N\NC(=O)COc2ccc([C@H]3NC(=O)NC(C)=C3C(=O)OCC)cc2OC)cc1OC. The highest BCUT2D eigenvalue weighted by Crippen LogP contribution is 2.34. The maximum Gasteiger partial charge on any atom is 0.338 e. The van der Waals surface area contributed by atoms with Gasteiger partial charge in [0.05, 0.1) is 38.7 Å². The summed E-state index contributed by atoms with van der Waals surface area (Å²) in [6.45, 7) is 3.25. The van der Waals surface area contributed by atoms with Gasteiger partial charge in [-0.15, -0.1) is 6.42 Å². The summed E-state index contributed by atoms with van der Waals surface area (Å²) < 4.78 is 26.9. The lowest BCUT2D eigenvalue weighted by Gasteiger charge is -2.28. The zero-order chi connectivity index (χ0) is 29.1. The van der Waals surface area contributed by atoms with E-state index in [9.17, 15) is 14.4 Å². The van der Waals surface area contributed by atoms with Gasteiger partial charge in [0.25, 0.3) is 5.91 Å². The second kappa shape index (κ2) is 14.1. The van der Waals surface area contributed by atoms with E-state index < -0.39 is 23.9 Å². The molecule has 3 rings (SSSR count). The molecular formula is C28H30N4O8. The Hall–Kier alpha value is -5.18. The monoisotopic (exact) mass is 550 g/mol. The minimum absolute atomic E-state index is 0.105. The molecule has 1 heterocycles. The Kier molecular flexibility index (Phi) is 10.4. The predicted octanol–water partition coefficient (Wildman–Crippen LogP) is 2.44. The van der Waals surface area contributed by atoms with E-state index >= 15 is 0 Å². The molecule has 0 spiro atoms. The standard InChI is InChI=1S/C28H30N4O8/c1-6-12-39-20-10-8-18(13-22(20)36-4)15-29-32-24(33)16-40-21-11-9-19(14-23(21)37-5)26-25(27(34)38-7-2)17(3)30-28(35)31-26/h1,8-11,13-15,26H,7,12,16H2,2-5H3,(H,32,33)(H2,30,31,35)/b29-15-/t26-/m1/s1. The molecule has 210 valence electrons. The van der Waals surface area contributed by atoms with Gasteiger partial charge >= 0.3 is 12.0 Å². The van der Waals surface area contributed by atoms with E-state index in [-0.39, 0.29) is 31.1 Å².